The van der Waals surface area contributed by atoms with Crippen LogP contribution in [0, 0.1) is 0 Å². The maximum Gasteiger partial charge on any atom is 0.275 e. The number of nitrogens with zero attached hydrogens (tertiary/aromatic N) is 1. The molecule has 18 heavy (non-hydrogen) atoms. The molecule has 0 radical (unpaired) electrons. The van der Waals surface area contributed by atoms with E-state index in [-0.39, 0.29) is 5.91 Å². The minimum absolute atomic E-state index is 0.252. The molecule has 0 aliphatic carbocycles. The van der Waals surface area contributed by atoms with Gasteiger partial charge in [-0.05, 0) is 40.2 Å². The van der Waals surface area contributed by atoms with Crippen molar-refractivity contribution in [2.45, 2.75) is 10.8 Å². The Hall–Kier alpha value is -0.890. The average Bonchev–Trinajstić information content (AvgIpc) is 2.86. The fourth-order valence-electron chi connectivity index (χ4n) is 1.24. The first kappa shape index (κ1) is 13.5. The Bertz CT molecular complexity index is 541. The van der Waals surface area contributed by atoms with Crippen molar-refractivity contribution in [3.05, 3.63) is 44.7 Å². The van der Waals surface area contributed by atoms with Gasteiger partial charge in [0, 0.05) is 21.3 Å². The van der Waals surface area contributed by atoms with Crippen molar-refractivity contribution in [3.8, 4) is 0 Å². The summed E-state index contributed by atoms with van der Waals surface area (Å²) in [6.07, 6.45) is 1.77. The van der Waals surface area contributed by atoms with Crippen LogP contribution in [0.2, 0.25) is 0 Å². The second kappa shape index (κ2) is 6.33. The molecule has 2 aromatic rings. The zero-order valence-corrected chi connectivity index (χ0v) is 12.4. The van der Waals surface area contributed by atoms with Crippen LogP contribution in [0.3, 0.4) is 0 Å². The van der Waals surface area contributed by atoms with Crippen LogP contribution < -0.4 is 11.3 Å². The van der Waals surface area contributed by atoms with Gasteiger partial charge in [0.2, 0.25) is 0 Å². The molecule has 1 amide bonds. The molecule has 0 aromatic carbocycles. The molecular formula is C11H10BrN3OS2. The number of carbonyl (C=O) groups is 1. The molecule has 0 saturated carbocycles. The number of nitrogens with one attached hydrogen (secondary N) is 1. The first-order valence-electron chi connectivity index (χ1n) is 5.03. The SMILES string of the molecule is NNC(=O)c1ccc(CSc2ccc(Br)cn2)s1. The number of nitrogen functional groups attached to an aromatic ring is 1. The van der Waals surface area contributed by atoms with E-state index in [2.05, 4.69) is 26.3 Å². The van der Waals surface area contributed by atoms with E-state index in [9.17, 15) is 4.79 Å². The number of amides is 1. The molecule has 0 aliphatic rings. The minimum atomic E-state index is -0.252. The van der Waals surface area contributed by atoms with Crippen LogP contribution in [0.15, 0.2) is 40.0 Å². The number of halogens is 1. The molecule has 2 aromatic heterocycles. The highest BCUT2D eigenvalue weighted by atomic mass is 79.9. The normalized spacial score (nSPS) is 10.3. The molecule has 0 aliphatic heterocycles. The lowest BCUT2D eigenvalue weighted by atomic mass is 10.4. The summed E-state index contributed by atoms with van der Waals surface area (Å²) in [5.41, 5.74) is 2.12. The number of hydrogen-bond donors (Lipinski definition) is 2. The highest BCUT2D eigenvalue weighted by Gasteiger charge is 2.07. The van der Waals surface area contributed by atoms with E-state index in [0.717, 1.165) is 20.1 Å². The van der Waals surface area contributed by atoms with E-state index in [1.165, 1.54) is 11.3 Å². The maximum absolute atomic E-state index is 11.3. The van der Waals surface area contributed by atoms with Crippen LogP contribution in [-0.4, -0.2) is 10.9 Å². The Morgan fingerprint density at radius 1 is 1.44 bits per heavy atom. The fraction of sp³-hybridized carbons (Fsp3) is 0.0909. The molecular weight excluding hydrogens is 334 g/mol. The third kappa shape index (κ3) is 3.55. The van der Waals surface area contributed by atoms with Crippen molar-refractivity contribution >= 4 is 44.9 Å². The van der Waals surface area contributed by atoms with E-state index >= 15 is 0 Å². The summed E-state index contributed by atoms with van der Waals surface area (Å²) < 4.78 is 0.963. The number of thiophene rings is 1. The number of nitrogens with two attached hydrogens (primary N) is 1. The second-order valence-corrected chi connectivity index (χ2v) is 6.42. The molecule has 0 atom stereocenters. The maximum atomic E-state index is 11.3. The van der Waals surface area contributed by atoms with Gasteiger partial charge in [-0.25, -0.2) is 10.8 Å². The van der Waals surface area contributed by atoms with Crippen molar-refractivity contribution in [2.75, 3.05) is 0 Å². The monoisotopic (exact) mass is 343 g/mol. The fourth-order valence-corrected chi connectivity index (χ4v) is 3.27. The minimum Gasteiger partial charge on any atom is -0.289 e. The summed E-state index contributed by atoms with van der Waals surface area (Å²) in [5, 5.41) is 0.955. The predicted octanol–water partition coefficient (Wildman–Crippen LogP) is 2.80. The van der Waals surface area contributed by atoms with E-state index in [0.29, 0.717) is 4.88 Å². The van der Waals surface area contributed by atoms with E-state index in [4.69, 9.17) is 5.84 Å². The van der Waals surface area contributed by atoms with E-state index < -0.39 is 0 Å². The summed E-state index contributed by atoms with van der Waals surface area (Å²) in [6.45, 7) is 0. The standard InChI is InChI=1S/C11H10BrN3OS2/c12-7-1-4-10(14-5-7)17-6-8-2-3-9(18-8)11(16)15-13/h1-5H,6,13H2,(H,15,16). The third-order valence-corrected chi connectivity index (χ3v) is 4.81. The van der Waals surface area contributed by atoms with Gasteiger partial charge in [-0.1, -0.05) is 0 Å². The Morgan fingerprint density at radius 3 is 2.94 bits per heavy atom. The van der Waals surface area contributed by atoms with Crippen molar-refractivity contribution < 1.29 is 4.79 Å². The van der Waals surface area contributed by atoms with Gasteiger partial charge >= 0.3 is 0 Å². The Morgan fingerprint density at radius 2 is 2.28 bits per heavy atom. The lowest BCUT2D eigenvalue weighted by Gasteiger charge is -1.98. The lowest BCUT2D eigenvalue weighted by Crippen LogP contribution is -2.29. The Kier molecular flexibility index (Phi) is 4.76. The van der Waals surface area contributed by atoms with Crippen LogP contribution in [0.25, 0.3) is 0 Å². The molecule has 2 heterocycles. The molecule has 2 rings (SSSR count). The number of pyridine rings is 1. The zero-order chi connectivity index (χ0) is 13.0. The van der Waals surface area contributed by atoms with Gasteiger partial charge in [-0.15, -0.1) is 23.1 Å². The van der Waals surface area contributed by atoms with Gasteiger partial charge in [0.1, 0.15) is 0 Å². The number of hydrogen-bond acceptors (Lipinski definition) is 5. The van der Waals surface area contributed by atoms with Gasteiger partial charge in [0.05, 0.1) is 9.90 Å². The topological polar surface area (TPSA) is 68.0 Å². The average molecular weight is 344 g/mol. The summed E-state index contributed by atoms with van der Waals surface area (Å²) in [5.74, 6) is 5.62. The number of rotatable bonds is 4. The Labute approximate surface area is 121 Å². The van der Waals surface area contributed by atoms with Crippen molar-refractivity contribution in [2.24, 2.45) is 5.84 Å². The smallest absolute Gasteiger partial charge is 0.275 e. The molecule has 3 N–H and O–H groups in total. The second-order valence-electron chi connectivity index (χ2n) is 3.34. The first-order valence-corrected chi connectivity index (χ1v) is 7.62. The van der Waals surface area contributed by atoms with Crippen LogP contribution in [-0.2, 0) is 5.75 Å². The van der Waals surface area contributed by atoms with E-state index in [1.54, 1.807) is 24.0 Å². The largest absolute Gasteiger partial charge is 0.289 e. The van der Waals surface area contributed by atoms with Gasteiger partial charge in [0.25, 0.3) is 5.91 Å². The van der Waals surface area contributed by atoms with Gasteiger partial charge in [0.15, 0.2) is 0 Å². The molecule has 4 nitrogen and oxygen atoms in total. The predicted molar refractivity (Wildman–Crippen MR) is 77.5 cm³/mol. The number of aromatic nitrogens is 1. The summed E-state index contributed by atoms with van der Waals surface area (Å²) in [7, 11) is 0. The first-order chi connectivity index (χ1) is 8.69. The summed E-state index contributed by atoms with van der Waals surface area (Å²) in [6, 6.07) is 7.62. The lowest BCUT2D eigenvalue weighted by molar-refractivity contribution is 0.0957. The molecule has 0 bridgehead atoms. The third-order valence-electron chi connectivity index (χ3n) is 2.08. The van der Waals surface area contributed by atoms with Crippen molar-refractivity contribution in [3.63, 3.8) is 0 Å². The number of carbonyl (C=O) groups excluding carboxylic acids is 1. The van der Waals surface area contributed by atoms with Gasteiger partial charge < -0.3 is 0 Å². The number of hydrazine groups is 1. The molecule has 0 fully saturated rings. The van der Waals surface area contributed by atoms with Crippen LogP contribution in [0.4, 0.5) is 0 Å². The summed E-state index contributed by atoms with van der Waals surface area (Å²) >= 11 is 6.41. The zero-order valence-electron chi connectivity index (χ0n) is 9.22. The van der Waals surface area contributed by atoms with Crippen LogP contribution in [0.1, 0.15) is 14.5 Å². The highest BCUT2D eigenvalue weighted by Crippen LogP contribution is 2.26. The van der Waals surface area contributed by atoms with Crippen LogP contribution >= 0.6 is 39.0 Å². The van der Waals surface area contributed by atoms with Crippen molar-refractivity contribution in [1.29, 1.82) is 0 Å². The molecule has 0 saturated heterocycles. The molecule has 0 unspecified atom stereocenters. The quantitative estimate of drug-likeness (QED) is 0.387. The van der Waals surface area contributed by atoms with Gasteiger partial charge in [-0.2, -0.15) is 0 Å². The van der Waals surface area contributed by atoms with E-state index in [1.807, 2.05) is 18.2 Å². The molecule has 0 spiro atoms. The van der Waals surface area contributed by atoms with Gasteiger partial charge in [-0.3, -0.25) is 10.2 Å². The van der Waals surface area contributed by atoms with Crippen molar-refractivity contribution in [1.82, 2.24) is 10.4 Å². The molecule has 7 heteroatoms. The molecule has 94 valence electrons. The van der Waals surface area contributed by atoms with Crippen LogP contribution in [0.5, 0.6) is 0 Å². The Balaban J connectivity index is 1.96. The number of thioether (sulfide) groups is 1. The highest BCUT2D eigenvalue weighted by molar-refractivity contribution is 9.10. The summed E-state index contributed by atoms with van der Waals surface area (Å²) in [4.78, 5) is 17.3.